The average Bonchev–Trinajstić information content (AvgIpc) is 2.41. The van der Waals surface area contributed by atoms with E-state index < -0.39 is 0 Å². The van der Waals surface area contributed by atoms with Crippen molar-refractivity contribution in [1.29, 1.82) is 0 Å². The fourth-order valence-corrected chi connectivity index (χ4v) is 1.71. The van der Waals surface area contributed by atoms with E-state index in [0.29, 0.717) is 5.31 Å². The van der Waals surface area contributed by atoms with Crippen molar-refractivity contribution in [3.63, 3.8) is 0 Å². The van der Waals surface area contributed by atoms with E-state index in [-0.39, 0.29) is 0 Å². The van der Waals surface area contributed by atoms with Gasteiger partial charge < -0.3 is 0 Å². The number of hydrogen-bond donors (Lipinski definition) is 0. The maximum atomic E-state index is 2.41. The third-order valence-electron chi connectivity index (χ3n) is 2.58. The Kier molecular flexibility index (Phi) is 1.88. The summed E-state index contributed by atoms with van der Waals surface area (Å²) in [7, 11) is 1.41. The molecule has 0 amide bonds. The van der Waals surface area contributed by atoms with Crippen molar-refractivity contribution in [2.75, 3.05) is 0 Å². The minimum absolute atomic E-state index is 0.661. The van der Waals surface area contributed by atoms with Crippen molar-refractivity contribution in [2.45, 2.75) is 45.2 Å². The molecule has 0 nitrogen and oxygen atoms in total. The van der Waals surface area contributed by atoms with Gasteiger partial charge >= 0.3 is 0 Å². The maximum absolute atomic E-state index is 2.41. The molecule has 0 saturated heterocycles. The van der Waals surface area contributed by atoms with Gasteiger partial charge in [-0.2, -0.15) is 0 Å². The van der Waals surface area contributed by atoms with E-state index in [9.17, 15) is 0 Å². The third kappa shape index (κ3) is 1.74. The Morgan fingerprint density at radius 3 is 2.33 bits per heavy atom. The summed E-state index contributed by atoms with van der Waals surface area (Å²) in [5.41, 5.74) is 0. The van der Waals surface area contributed by atoms with Crippen LogP contribution >= 0.6 is 0 Å². The highest BCUT2D eigenvalue weighted by atomic mass is 14.4. The largest absolute Gasteiger partial charge is 0.127 e. The van der Waals surface area contributed by atoms with Gasteiger partial charge in [-0.25, -0.2) is 0 Å². The summed E-state index contributed by atoms with van der Waals surface area (Å²) in [6, 6.07) is 0. The Labute approximate surface area is 59.3 Å². The lowest BCUT2D eigenvalue weighted by molar-refractivity contribution is 0.580. The van der Waals surface area contributed by atoms with Gasteiger partial charge in [-0.1, -0.05) is 45.2 Å². The van der Waals surface area contributed by atoms with E-state index in [0.717, 1.165) is 5.92 Å². The zero-order valence-corrected chi connectivity index (χ0v) is 6.91. The second-order valence-electron chi connectivity index (χ2n) is 4.01. The van der Waals surface area contributed by atoms with Crippen molar-refractivity contribution in [2.24, 2.45) is 5.92 Å². The molecule has 0 heterocycles. The van der Waals surface area contributed by atoms with E-state index in [2.05, 4.69) is 20.8 Å². The van der Waals surface area contributed by atoms with Crippen molar-refractivity contribution in [3.8, 4) is 0 Å². The third-order valence-corrected chi connectivity index (χ3v) is 2.58. The predicted octanol–water partition coefficient (Wildman–Crippen LogP) is 2.47. The Balaban J connectivity index is 2.30. The fraction of sp³-hybridized carbons (Fsp3) is 1.00. The fourth-order valence-electron chi connectivity index (χ4n) is 1.71. The van der Waals surface area contributed by atoms with Crippen molar-refractivity contribution in [1.82, 2.24) is 0 Å². The molecule has 1 saturated carbocycles. The second kappa shape index (κ2) is 2.36. The first-order valence-corrected chi connectivity index (χ1v) is 4.17. The molecular weight excluding hydrogens is 107 g/mol. The van der Waals surface area contributed by atoms with Crippen LogP contribution in [-0.4, -0.2) is 7.28 Å². The first-order chi connectivity index (χ1) is 4.17. The van der Waals surface area contributed by atoms with E-state index in [1.165, 1.54) is 26.4 Å². The molecule has 0 N–H and O–H groups in total. The molecule has 1 fully saturated rings. The summed E-state index contributed by atoms with van der Waals surface area (Å²) >= 11 is 0. The molecule has 1 heteroatoms. The van der Waals surface area contributed by atoms with Crippen LogP contribution in [0.3, 0.4) is 0 Å². The second-order valence-corrected chi connectivity index (χ2v) is 4.01. The Bertz CT molecular complexity index is 92.7. The monoisotopic (exact) mass is 124 g/mol. The highest BCUT2D eigenvalue weighted by Crippen LogP contribution is 2.49. The zero-order chi connectivity index (χ0) is 6.91. The lowest BCUT2D eigenvalue weighted by atomic mass is 9.50. The van der Waals surface area contributed by atoms with Crippen molar-refractivity contribution < 1.29 is 0 Å². The van der Waals surface area contributed by atoms with Crippen LogP contribution in [0, 0.1) is 5.92 Å². The molecule has 0 aromatic heterocycles. The van der Waals surface area contributed by atoms with Crippen molar-refractivity contribution in [3.05, 3.63) is 0 Å². The van der Waals surface area contributed by atoms with E-state index in [1.807, 2.05) is 0 Å². The first kappa shape index (κ1) is 7.18. The average molecular weight is 124 g/mol. The molecule has 0 spiro atoms. The number of hydrogen-bond acceptors (Lipinski definition) is 0. The van der Waals surface area contributed by atoms with Crippen LogP contribution in [0.5, 0.6) is 0 Å². The quantitative estimate of drug-likeness (QED) is 0.507. The molecule has 1 aliphatic carbocycles. The van der Waals surface area contributed by atoms with Crippen LogP contribution in [0.15, 0.2) is 0 Å². The molecule has 0 bridgehead atoms. The predicted molar refractivity (Wildman–Crippen MR) is 44.4 cm³/mol. The van der Waals surface area contributed by atoms with Gasteiger partial charge in [0.05, 0.1) is 0 Å². The van der Waals surface area contributed by atoms with E-state index in [4.69, 9.17) is 0 Å². The van der Waals surface area contributed by atoms with Gasteiger partial charge in [0.25, 0.3) is 0 Å². The highest BCUT2D eigenvalue weighted by Gasteiger charge is 2.36. The summed E-state index contributed by atoms with van der Waals surface area (Å²) in [5.74, 6) is 1.07. The van der Waals surface area contributed by atoms with Gasteiger partial charge in [-0.15, -0.1) is 0 Å². The van der Waals surface area contributed by atoms with E-state index in [1.54, 1.807) is 0 Å². The molecule has 9 heavy (non-hydrogen) atoms. The van der Waals surface area contributed by atoms with Gasteiger partial charge in [0.2, 0.25) is 0 Å². The van der Waals surface area contributed by atoms with Gasteiger partial charge in [-0.3, -0.25) is 0 Å². The number of rotatable bonds is 3. The van der Waals surface area contributed by atoms with Crippen LogP contribution < -0.4 is 0 Å². The van der Waals surface area contributed by atoms with Crippen LogP contribution in [0.1, 0.15) is 33.6 Å². The Morgan fingerprint density at radius 2 is 2.00 bits per heavy atom. The van der Waals surface area contributed by atoms with Crippen LogP contribution in [0.2, 0.25) is 11.6 Å². The molecule has 0 aromatic carbocycles. The molecular formula is C8H17B. The van der Waals surface area contributed by atoms with Gasteiger partial charge in [0.15, 0.2) is 0 Å². The maximum Gasteiger partial charge on any atom is 0.127 e. The molecule has 1 aliphatic rings. The summed E-state index contributed by atoms with van der Waals surface area (Å²) in [5, 5.41) is 0.661. The Morgan fingerprint density at radius 1 is 1.44 bits per heavy atom. The zero-order valence-electron chi connectivity index (χ0n) is 6.91. The molecule has 0 aromatic rings. The molecule has 0 aliphatic heterocycles. The van der Waals surface area contributed by atoms with Crippen LogP contribution in [0.4, 0.5) is 0 Å². The standard InChI is InChI=1S/C8H17B/c1-4-9-8(2,3)7-5-6-7/h7,9H,4-6H2,1-3H3. The van der Waals surface area contributed by atoms with Gasteiger partial charge in [0.1, 0.15) is 7.28 Å². The smallest absolute Gasteiger partial charge is 0.0798 e. The van der Waals surface area contributed by atoms with Gasteiger partial charge in [-0.05, 0) is 5.92 Å². The molecule has 0 atom stereocenters. The summed E-state index contributed by atoms with van der Waals surface area (Å²) < 4.78 is 0. The molecule has 1 rings (SSSR count). The molecule has 52 valence electrons. The SMILES string of the molecule is CCBC(C)(C)C1CC1. The topological polar surface area (TPSA) is 0 Å². The van der Waals surface area contributed by atoms with E-state index >= 15 is 0 Å². The van der Waals surface area contributed by atoms with Crippen molar-refractivity contribution >= 4 is 7.28 Å². The minimum atomic E-state index is 0.661. The highest BCUT2D eigenvalue weighted by molar-refractivity contribution is 6.39. The normalized spacial score (nSPS) is 19.9. The first-order valence-electron chi connectivity index (χ1n) is 4.17. The molecule has 0 unspecified atom stereocenters. The lowest BCUT2D eigenvalue weighted by Gasteiger charge is -2.21. The minimum Gasteiger partial charge on any atom is -0.0798 e. The lowest BCUT2D eigenvalue weighted by Crippen LogP contribution is -2.13. The summed E-state index contributed by atoms with van der Waals surface area (Å²) in [6.07, 6.45) is 4.34. The van der Waals surface area contributed by atoms with Crippen LogP contribution in [-0.2, 0) is 0 Å². The van der Waals surface area contributed by atoms with Crippen LogP contribution in [0.25, 0.3) is 0 Å². The van der Waals surface area contributed by atoms with Gasteiger partial charge in [0, 0.05) is 0 Å². The Hall–Kier alpha value is 0.0649. The summed E-state index contributed by atoms with van der Waals surface area (Å²) in [4.78, 5) is 0. The molecule has 0 radical (unpaired) electrons. The summed E-state index contributed by atoms with van der Waals surface area (Å²) in [6.45, 7) is 7.10.